The fraction of sp³-hybridized carbons (Fsp3) is 0.179. The number of carbonyl (C=O) groups is 3. The van der Waals surface area contributed by atoms with Crippen molar-refractivity contribution in [1.29, 1.82) is 0 Å². The predicted molar refractivity (Wildman–Crippen MR) is 143 cm³/mol. The fourth-order valence-electron chi connectivity index (χ4n) is 4.50. The Hall–Kier alpha value is -4.57. The fourth-order valence-corrected chi connectivity index (χ4v) is 5.48. The van der Waals surface area contributed by atoms with Crippen LogP contribution >= 0.6 is 11.3 Å². The number of aryl methyl sites for hydroxylation is 3. The molecule has 1 amide bonds. The molecule has 1 aliphatic heterocycles. The van der Waals surface area contributed by atoms with Gasteiger partial charge in [-0.05, 0) is 38.5 Å². The van der Waals surface area contributed by atoms with Crippen molar-refractivity contribution in [1.82, 2.24) is 14.4 Å². The molecule has 4 aromatic rings. The van der Waals surface area contributed by atoms with Crippen LogP contribution in [0.4, 0.5) is 5.13 Å². The highest BCUT2D eigenvalue weighted by Crippen LogP contribution is 2.44. The number of pyridine rings is 1. The Bertz CT molecular complexity index is 1650. The van der Waals surface area contributed by atoms with Crippen molar-refractivity contribution in [2.45, 2.75) is 26.8 Å². The van der Waals surface area contributed by atoms with E-state index < -0.39 is 23.7 Å². The van der Waals surface area contributed by atoms with Crippen molar-refractivity contribution in [3.8, 4) is 0 Å². The first kappa shape index (κ1) is 25.1. The van der Waals surface area contributed by atoms with Crippen molar-refractivity contribution in [3.63, 3.8) is 0 Å². The van der Waals surface area contributed by atoms with Crippen molar-refractivity contribution in [3.05, 3.63) is 100.0 Å². The van der Waals surface area contributed by atoms with Crippen LogP contribution in [0.15, 0.2) is 66.9 Å². The first-order chi connectivity index (χ1) is 18.2. The molecule has 9 nitrogen and oxygen atoms in total. The Balaban J connectivity index is 1.71. The third-order valence-electron chi connectivity index (χ3n) is 6.28. The van der Waals surface area contributed by atoms with Crippen LogP contribution < -0.4 is 4.90 Å². The van der Waals surface area contributed by atoms with Gasteiger partial charge in [0, 0.05) is 6.20 Å². The minimum atomic E-state index is -0.980. The van der Waals surface area contributed by atoms with Crippen LogP contribution in [-0.2, 0) is 14.3 Å². The number of esters is 1. The first-order valence-electron chi connectivity index (χ1n) is 11.8. The van der Waals surface area contributed by atoms with Gasteiger partial charge < -0.3 is 9.84 Å². The summed E-state index contributed by atoms with van der Waals surface area (Å²) in [5.74, 6) is -2.66. The van der Waals surface area contributed by atoms with Gasteiger partial charge in [-0.25, -0.2) is 14.8 Å². The summed E-state index contributed by atoms with van der Waals surface area (Å²) in [6.07, 6.45) is 3.18. The summed E-state index contributed by atoms with van der Waals surface area (Å²) >= 11 is 0.951. The van der Waals surface area contributed by atoms with Crippen molar-refractivity contribution >= 4 is 45.5 Å². The highest BCUT2D eigenvalue weighted by Gasteiger charge is 2.49. The number of aromatic nitrogens is 3. The van der Waals surface area contributed by atoms with E-state index in [1.807, 2.05) is 25.1 Å². The molecule has 0 radical (unpaired) electrons. The quantitative estimate of drug-likeness (QED) is 0.127. The zero-order valence-corrected chi connectivity index (χ0v) is 21.8. The SMILES string of the molecule is C=CCOC(=O)c1sc(N2C(=O)C(=O)/C(=C(/O)c3c(C)nc4ccccn34)C2c2ccc(C)cc2)nc1C. The lowest BCUT2D eigenvalue weighted by Gasteiger charge is -2.23. The highest BCUT2D eigenvalue weighted by atomic mass is 32.1. The number of thiazole rings is 1. The van der Waals surface area contributed by atoms with Gasteiger partial charge >= 0.3 is 11.9 Å². The number of ether oxygens (including phenoxy) is 1. The minimum Gasteiger partial charge on any atom is -0.505 e. The maximum atomic E-state index is 13.5. The molecular weight excluding hydrogens is 504 g/mol. The lowest BCUT2D eigenvalue weighted by Crippen LogP contribution is -2.29. The van der Waals surface area contributed by atoms with Crippen LogP contribution in [0.25, 0.3) is 11.4 Å². The van der Waals surface area contributed by atoms with E-state index in [0.29, 0.717) is 28.3 Å². The molecule has 1 atom stereocenters. The van der Waals surface area contributed by atoms with Crippen LogP contribution in [0.3, 0.4) is 0 Å². The number of ketones is 1. The second-order valence-electron chi connectivity index (χ2n) is 8.85. The first-order valence-corrected chi connectivity index (χ1v) is 12.6. The van der Waals surface area contributed by atoms with Crippen LogP contribution in [0.1, 0.15) is 43.9 Å². The maximum Gasteiger partial charge on any atom is 0.350 e. The average molecular weight is 529 g/mol. The molecule has 5 rings (SSSR count). The van der Waals surface area contributed by atoms with Crippen molar-refractivity contribution in [2.75, 3.05) is 11.5 Å². The Morgan fingerprint density at radius 2 is 1.84 bits per heavy atom. The zero-order chi connectivity index (χ0) is 27.1. The van der Waals surface area contributed by atoms with E-state index in [1.54, 1.807) is 48.7 Å². The minimum absolute atomic E-state index is 0.0258. The van der Waals surface area contributed by atoms with E-state index in [4.69, 9.17) is 4.74 Å². The molecule has 10 heteroatoms. The van der Waals surface area contributed by atoms with Gasteiger partial charge in [0.2, 0.25) is 0 Å². The largest absolute Gasteiger partial charge is 0.505 e. The third-order valence-corrected chi connectivity index (χ3v) is 7.41. The Kier molecular flexibility index (Phi) is 6.41. The van der Waals surface area contributed by atoms with Gasteiger partial charge in [0.1, 0.15) is 22.8 Å². The number of benzene rings is 1. The molecule has 4 heterocycles. The molecule has 1 saturated heterocycles. The molecular formula is C28H24N4O5S. The van der Waals surface area contributed by atoms with Crippen LogP contribution in [-0.4, -0.2) is 43.7 Å². The van der Waals surface area contributed by atoms with Crippen molar-refractivity contribution < 1.29 is 24.2 Å². The summed E-state index contributed by atoms with van der Waals surface area (Å²) < 4.78 is 6.83. The van der Waals surface area contributed by atoms with Gasteiger partial charge in [0.05, 0.1) is 23.0 Å². The van der Waals surface area contributed by atoms with E-state index in [1.165, 1.54) is 11.0 Å². The molecule has 1 unspecified atom stereocenters. The summed E-state index contributed by atoms with van der Waals surface area (Å²) in [4.78, 5) is 50.0. The molecule has 1 aliphatic rings. The van der Waals surface area contributed by atoms with Gasteiger partial charge in [-0.15, -0.1) is 0 Å². The molecule has 38 heavy (non-hydrogen) atoms. The number of imidazole rings is 1. The average Bonchev–Trinajstić information content (AvgIpc) is 3.53. The number of hydrogen-bond acceptors (Lipinski definition) is 8. The van der Waals surface area contributed by atoms with Crippen LogP contribution in [0, 0.1) is 20.8 Å². The number of amides is 1. The molecule has 0 bridgehead atoms. The number of Topliss-reactive ketones (excluding diaryl/α,β-unsaturated/α-hetero) is 1. The second-order valence-corrected chi connectivity index (χ2v) is 9.83. The Morgan fingerprint density at radius 1 is 1.11 bits per heavy atom. The van der Waals surface area contributed by atoms with E-state index in [9.17, 15) is 19.5 Å². The van der Waals surface area contributed by atoms with Gasteiger partial charge in [0.25, 0.3) is 5.78 Å². The molecule has 1 N–H and O–H groups in total. The number of rotatable bonds is 6. The molecule has 0 aliphatic carbocycles. The molecule has 1 aromatic carbocycles. The van der Waals surface area contributed by atoms with E-state index in [0.717, 1.165) is 16.9 Å². The topological polar surface area (TPSA) is 114 Å². The third kappa shape index (κ3) is 4.08. The van der Waals surface area contributed by atoms with Gasteiger partial charge in [-0.1, -0.05) is 59.9 Å². The standard InChI is InChI=1S/C28H24N4O5S/c1-5-14-37-27(36)25-17(4)30-28(38-25)32-22(18-11-9-15(2)10-12-18)20(24(34)26(32)35)23(33)21-16(3)29-19-8-6-7-13-31(19)21/h5-13,22,33H,1,14H2,2-4H3/b23-20+. The lowest BCUT2D eigenvalue weighted by molar-refractivity contribution is -0.132. The van der Waals surface area contributed by atoms with E-state index >= 15 is 0 Å². The van der Waals surface area contributed by atoms with E-state index in [-0.39, 0.29) is 27.9 Å². The number of aliphatic hydroxyl groups excluding tert-OH is 1. The van der Waals surface area contributed by atoms with Gasteiger partial charge in [0.15, 0.2) is 10.9 Å². The number of anilines is 1. The molecule has 0 saturated carbocycles. The number of hydrogen-bond donors (Lipinski definition) is 1. The normalized spacial score (nSPS) is 16.8. The van der Waals surface area contributed by atoms with E-state index in [2.05, 4.69) is 16.5 Å². The molecule has 3 aromatic heterocycles. The lowest BCUT2D eigenvalue weighted by atomic mass is 9.96. The Labute approximate surface area is 222 Å². The number of nitrogens with zero attached hydrogens (tertiary/aromatic N) is 4. The number of carbonyl (C=O) groups excluding carboxylic acids is 3. The Morgan fingerprint density at radius 3 is 2.55 bits per heavy atom. The number of aliphatic hydroxyl groups is 1. The molecule has 0 spiro atoms. The monoisotopic (exact) mass is 528 g/mol. The summed E-state index contributed by atoms with van der Waals surface area (Å²) in [7, 11) is 0. The molecule has 192 valence electrons. The van der Waals surface area contributed by atoms with Crippen molar-refractivity contribution in [2.24, 2.45) is 0 Å². The molecule has 1 fully saturated rings. The van der Waals surface area contributed by atoms with Crippen LogP contribution in [0.5, 0.6) is 0 Å². The maximum absolute atomic E-state index is 13.5. The predicted octanol–water partition coefficient (Wildman–Crippen LogP) is 4.69. The summed E-state index contributed by atoms with van der Waals surface area (Å²) in [6.45, 7) is 8.85. The zero-order valence-electron chi connectivity index (χ0n) is 21.0. The van der Waals surface area contributed by atoms with Gasteiger partial charge in [-0.3, -0.25) is 18.9 Å². The van der Waals surface area contributed by atoms with Crippen LogP contribution in [0.2, 0.25) is 0 Å². The summed E-state index contributed by atoms with van der Waals surface area (Å²) in [5.41, 5.74) is 3.27. The second kappa shape index (κ2) is 9.71. The summed E-state index contributed by atoms with van der Waals surface area (Å²) in [5, 5.41) is 11.7. The summed E-state index contributed by atoms with van der Waals surface area (Å²) in [6, 6.07) is 11.7. The smallest absolute Gasteiger partial charge is 0.350 e. The highest BCUT2D eigenvalue weighted by molar-refractivity contribution is 7.17. The number of fused-ring (bicyclic) bond motifs is 1. The van der Waals surface area contributed by atoms with Gasteiger partial charge in [-0.2, -0.15) is 0 Å².